The number of hydrogen-bond acceptors (Lipinski definition) is 2. The van der Waals surface area contributed by atoms with Crippen LogP contribution in [0.15, 0.2) is 12.2 Å². The third-order valence-electron chi connectivity index (χ3n) is 3.62. The molecule has 0 unspecified atom stereocenters. The first kappa shape index (κ1) is 19.2. The Balaban J connectivity index is 3.11. The molecule has 0 aromatic heterocycles. The van der Waals surface area contributed by atoms with Crippen molar-refractivity contribution in [3.05, 3.63) is 12.2 Å². The second-order valence-corrected chi connectivity index (χ2v) is 5.56. The second-order valence-electron chi connectivity index (χ2n) is 5.56. The number of allylic oxidation sites excluding steroid dienone is 2. The average molecular weight is 282 g/mol. The topological polar surface area (TPSA) is 26.3 Å². The van der Waals surface area contributed by atoms with Crippen LogP contribution in [0.25, 0.3) is 0 Å². The molecule has 0 aliphatic carbocycles. The minimum atomic E-state index is -0.0838. The van der Waals surface area contributed by atoms with Gasteiger partial charge in [-0.3, -0.25) is 4.79 Å². The highest BCUT2D eigenvalue weighted by atomic mass is 16.5. The maximum atomic E-state index is 10.9. The zero-order chi connectivity index (χ0) is 14.9. The van der Waals surface area contributed by atoms with Gasteiger partial charge < -0.3 is 4.74 Å². The summed E-state index contributed by atoms with van der Waals surface area (Å²) in [4.78, 5) is 10.9. The van der Waals surface area contributed by atoms with Crippen molar-refractivity contribution in [1.29, 1.82) is 0 Å². The van der Waals surface area contributed by atoms with Crippen LogP contribution in [0.5, 0.6) is 0 Å². The first-order valence-corrected chi connectivity index (χ1v) is 8.53. The highest BCUT2D eigenvalue weighted by molar-refractivity contribution is 5.68. The van der Waals surface area contributed by atoms with Crippen molar-refractivity contribution in [3.63, 3.8) is 0 Å². The molecule has 0 amide bonds. The zero-order valence-corrected chi connectivity index (χ0v) is 13.7. The summed E-state index contributed by atoms with van der Waals surface area (Å²) < 4.78 is 4.61. The lowest BCUT2D eigenvalue weighted by atomic mass is 10.1. The number of rotatable bonds is 14. The lowest BCUT2D eigenvalue weighted by Crippen LogP contribution is -1.98. The smallest absolute Gasteiger partial charge is 0.305 e. The number of methoxy groups -OCH3 is 1. The molecule has 0 spiro atoms. The Kier molecular flexibility index (Phi) is 15.6. The molecule has 0 saturated carbocycles. The minimum Gasteiger partial charge on any atom is -0.469 e. The monoisotopic (exact) mass is 282 g/mol. The van der Waals surface area contributed by atoms with Gasteiger partial charge in [-0.05, 0) is 32.1 Å². The van der Waals surface area contributed by atoms with E-state index in [1.165, 1.54) is 64.9 Å². The number of carbonyl (C=O) groups is 1. The number of hydrogen-bond donors (Lipinski definition) is 0. The van der Waals surface area contributed by atoms with Gasteiger partial charge in [-0.1, -0.05) is 64.0 Å². The van der Waals surface area contributed by atoms with E-state index in [2.05, 4.69) is 23.8 Å². The number of unbranched alkanes of at least 4 members (excludes halogenated alkanes) is 10. The third-order valence-corrected chi connectivity index (χ3v) is 3.62. The molecule has 2 heteroatoms. The van der Waals surface area contributed by atoms with E-state index in [1.54, 1.807) is 0 Å². The Morgan fingerprint density at radius 1 is 0.800 bits per heavy atom. The van der Waals surface area contributed by atoms with E-state index < -0.39 is 0 Å². The first-order valence-electron chi connectivity index (χ1n) is 8.53. The van der Waals surface area contributed by atoms with E-state index >= 15 is 0 Å². The molecule has 0 aliphatic heterocycles. The van der Waals surface area contributed by atoms with E-state index in [0.717, 1.165) is 19.3 Å². The zero-order valence-electron chi connectivity index (χ0n) is 13.7. The summed E-state index contributed by atoms with van der Waals surface area (Å²) in [5.74, 6) is -0.0838. The molecule has 0 aromatic rings. The van der Waals surface area contributed by atoms with E-state index in [0.29, 0.717) is 6.42 Å². The van der Waals surface area contributed by atoms with Crippen molar-refractivity contribution in [2.45, 2.75) is 90.4 Å². The molecule has 0 saturated heterocycles. The molecular formula is C18H34O2. The van der Waals surface area contributed by atoms with Crippen LogP contribution in [0.3, 0.4) is 0 Å². The predicted octanol–water partition coefficient (Wildman–Crippen LogP) is 5.81. The normalized spacial score (nSPS) is 11.1. The van der Waals surface area contributed by atoms with Crippen LogP contribution < -0.4 is 0 Å². The Hall–Kier alpha value is -0.790. The minimum absolute atomic E-state index is 0.0838. The van der Waals surface area contributed by atoms with E-state index in [-0.39, 0.29) is 5.97 Å². The van der Waals surface area contributed by atoms with E-state index in [9.17, 15) is 4.79 Å². The van der Waals surface area contributed by atoms with Crippen molar-refractivity contribution in [3.8, 4) is 0 Å². The molecule has 0 aliphatic rings. The molecule has 0 fully saturated rings. The van der Waals surface area contributed by atoms with Gasteiger partial charge in [0.25, 0.3) is 0 Å². The summed E-state index contributed by atoms with van der Waals surface area (Å²) in [7, 11) is 1.45. The van der Waals surface area contributed by atoms with Crippen molar-refractivity contribution in [2.24, 2.45) is 0 Å². The maximum absolute atomic E-state index is 10.9. The van der Waals surface area contributed by atoms with Crippen LogP contribution in [-0.2, 0) is 9.53 Å². The first-order chi connectivity index (χ1) is 9.81. The molecule has 0 atom stereocenters. The van der Waals surface area contributed by atoms with Gasteiger partial charge in [0.05, 0.1) is 7.11 Å². The molecule has 0 aromatic carbocycles. The molecule has 0 N–H and O–H groups in total. The van der Waals surface area contributed by atoms with Crippen molar-refractivity contribution in [2.75, 3.05) is 7.11 Å². The van der Waals surface area contributed by atoms with Crippen LogP contribution in [0.1, 0.15) is 90.4 Å². The number of carbonyl (C=O) groups excluding carboxylic acids is 1. The van der Waals surface area contributed by atoms with Gasteiger partial charge in [0.1, 0.15) is 0 Å². The molecule has 0 radical (unpaired) electrons. The summed E-state index contributed by atoms with van der Waals surface area (Å²) in [6.07, 6.45) is 20.5. The summed E-state index contributed by atoms with van der Waals surface area (Å²) in [6.45, 7) is 2.26. The van der Waals surface area contributed by atoms with Gasteiger partial charge in [-0.25, -0.2) is 0 Å². The summed E-state index contributed by atoms with van der Waals surface area (Å²) in [6, 6.07) is 0. The van der Waals surface area contributed by atoms with Crippen LogP contribution >= 0.6 is 0 Å². The third kappa shape index (κ3) is 15.3. The van der Waals surface area contributed by atoms with Crippen molar-refractivity contribution in [1.82, 2.24) is 0 Å². The van der Waals surface area contributed by atoms with Gasteiger partial charge in [0, 0.05) is 6.42 Å². The largest absolute Gasteiger partial charge is 0.469 e. The summed E-state index contributed by atoms with van der Waals surface area (Å²) in [5.41, 5.74) is 0. The fraction of sp³-hybridized carbons (Fsp3) is 0.833. The quantitative estimate of drug-likeness (QED) is 0.228. The lowest BCUT2D eigenvalue weighted by Gasteiger charge is -1.99. The van der Waals surface area contributed by atoms with Gasteiger partial charge in [0.2, 0.25) is 0 Å². The van der Waals surface area contributed by atoms with Crippen LogP contribution in [0.2, 0.25) is 0 Å². The fourth-order valence-corrected chi connectivity index (χ4v) is 2.27. The van der Waals surface area contributed by atoms with Crippen LogP contribution in [-0.4, -0.2) is 13.1 Å². The van der Waals surface area contributed by atoms with Crippen LogP contribution in [0, 0.1) is 0 Å². The summed E-state index contributed by atoms with van der Waals surface area (Å²) >= 11 is 0. The molecule has 118 valence electrons. The Labute approximate surface area is 126 Å². The Bertz CT molecular complexity index is 234. The van der Waals surface area contributed by atoms with Gasteiger partial charge in [-0.15, -0.1) is 0 Å². The van der Waals surface area contributed by atoms with Gasteiger partial charge >= 0.3 is 5.97 Å². The molecule has 0 heterocycles. The molecule has 2 nitrogen and oxygen atoms in total. The van der Waals surface area contributed by atoms with Crippen molar-refractivity contribution >= 4 is 5.97 Å². The van der Waals surface area contributed by atoms with E-state index in [1.807, 2.05) is 0 Å². The predicted molar refractivity (Wildman–Crippen MR) is 86.9 cm³/mol. The van der Waals surface area contributed by atoms with Gasteiger partial charge in [0.15, 0.2) is 0 Å². The molecule has 0 rings (SSSR count). The maximum Gasteiger partial charge on any atom is 0.305 e. The number of esters is 1. The highest BCUT2D eigenvalue weighted by Gasteiger charge is 1.98. The van der Waals surface area contributed by atoms with Crippen molar-refractivity contribution < 1.29 is 9.53 Å². The second kappa shape index (κ2) is 16.3. The van der Waals surface area contributed by atoms with Crippen LogP contribution in [0.4, 0.5) is 0 Å². The standard InChI is InChI=1S/C18H34O2/c1-3-4-5-6-7-8-9-10-11-12-13-14-15-16-17-18(19)20-2/h11-12H,3-10,13-17H2,1-2H3/b12-11+. The average Bonchev–Trinajstić information content (AvgIpc) is 2.47. The lowest BCUT2D eigenvalue weighted by molar-refractivity contribution is -0.140. The number of ether oxygens (including phenoxy) is 1. The van der Waals surface area contributed by atoms with E-state index in [4.69, 9.17) is 0 Å². The SMILES string of the molecule is CCCCCCCCC/C=C/CCCCCC(=O)OC. The van der Waals surface area contributed by atoms with Gasteiger partial charge in [-0.2, -0.15) is 0 Å². The fourth-order valence-electron chi connectivity index (χ4n) is 2.27. The highest BCUT2D eigenvalue weighted by Crippen LogP contribution is 2.09. The Morgan fingerprint density at radius 2 is 1.30 bits per heavy atom. The Morgan fingerprint density at radius 3 is 1.85 bits per heavy atom. The molecule has 20 heavy (non-hydrogen) atoms. The molecular weight excluding hydrogens is 248 g/mol. The summed E-state index contributed by atoms with van der Waals surface area (Å²) in [5, 5.41) is 0. The molecule has 0 bridgehead atoms.